The lowest BCUT2D eigenvalue weighted by molar-refractivity contribution is -0.122. The topological polar surface area (TPSA) is 53.6 Å². The number of fused-ring (bicyclic) bond motifs is 2. The van der Waals surface area contributed by atoms with Crippen LogP contribution in [0, 0.1) is 5.92 Å². The molecule has 2 aliphatic rings. The second-order valence-corrected chi connectivity index (χ2v) is 4.87. The zero-order chi connectivity index (χ0) is 13.1. The van der Waals surface area contributed by atoms with Crippen molar-refractivity contribution in [3.8, 4) is 0 Å². The van der Waals surface area contributed by atoms with Crippen LogP contribution in [0.4, 0.5) is 5.69 Å². The Bertz CT molecular complexity index is 487. The number of carbonyl (C=O) groups excluding carboxylic acids is 1. The molecule has 1 unspecified atom stereocenters. The molecule has 0 spiro atoms. The molecule has 0 radical (unpaired) electrons. The number of hydroxylamine groups is 1. The smallest absolute Gasteiger partial charge is 0.253 e. The average molecular weight is 259 g/mol. The maximum atomic E-state index is 11.6. The second-order valence-electron chi connectivity index (χ2n) is 4.87. The van der Waals surface area contributed by atoms with Crippen molar-refractivity contribution in [2.45, 2.75) is 6.42 Å². The molecule has 2 aliphatic heterocycles. The van der Waals surface area contributed by atoms with E-state index in [1.165, 1.54) is 6.42 Å². The Hall–Kier alpha value is -2.01. The summed E-state index contributed by atoms with van der Waals surface area (Å²) in [6, 6.07) is 9.35. The van der Waals surface area contributed by atoms with Crippen molar-refractivity contribution in [1.82, 2.24) is 10.4 Å². The number of benzene rings is 1. The van der Waals surface area contributed by atoms with Gasteiger partial charge in [0.15, 0.2) is 6.61 Å². The molecule has 1 fully saturated rings. The Morgan fingerprint density at radius 3 is 2.89 bits per heavy atom. The summed E-state index contributed by atoms with van der Waals surface area (Å²) >= 11 is 0. The molecule has 19 heavy (non-hydrogen) atoms. The van der Waals surface area contributed by atoms with Gasteiger partial charge in [0.2, 0.25) is 0 Å². The van der Waals surface area contributed by atoms with Gasteiger partial charge in [0.05, 0.1) is 5.70 Å². The number of anilines is 1. The fourth-order valence-electron chi connectivity index (χ4n) is 2.47. The van der Waals surface area contributed by atoms with Crippen LogP contribution in [-0.2, 0) is 9.63 Å². The molecule has 100 valence electrons. The highest BCUT2D eigenvalue weighted by Gasteiger charge is 2.30. The molecule has 0 saturated carbocycles. The Labute approximate surface area is 112 Å². The highest BCUT2D eigenvalue weighted by Crippen LogP contribution is 2.29. The van der Waals surface area contributed by atoms with Crippen LogP contribution in [0.25, 0.3) is 0 Å². The van der Waals surface area contributed by atoms with Crippen LogP contribution in [0.2, 0.25) is 0 Å². The fourth-order valence-corrected chi connectivity index (χ4v) is 2.47. The minimum absolute atomic E-state index is 0.00104. The molecule has 2 bridgehead atoms. The fraction of sp³-hybridized carbons (Fsp3) is 0.357. The van der Waals surface area contributed by atoms with Crippen LogP contribution in [-0.4, -0.2) is 30.5 Å². The highest BCUT2D eigenvalue weighted by atomic mass is 16.6. The van der Waals surface area contributed by atoms with Crippen molar-refractivity contribution in [2.75, 3.05) is 25.0 Å². The number of amides is 1. The van der Waals surface area contributed by atoms with Crippen LogP contribution < -0.4 is 10.8 Å². The Morgan fingerprint density at radius 1 is 1.37 bits per heavy atom. The van der Waals surface area contributed by atoms with Crippen molar-refractivity contribution in [1.29, 1.82) is 0 Å². The van der Waals surface area contributed by atoms with E-state index in [1.54, 1.807) is 0 Å². The summed E-state index contributed by atoms with van der Waals surface area (Å²) in [6.07, 6.45) is 3.24. The SMILES string of the molecule is O=C(CONC1=CN2CCC1C2)Nc1ccccc1. The predicted molar refractivity (Wildman–Crippen MR) is 71.9 cm³/mol. The Kier molecular flexibility index (Phi) is 3.37. The molecule has 0 aliphatic carbocycles. The Balaban J connectivity index is 1.41. The van der Waals surface area contributed by atoms with Gasteiger partial charge in [-0.25, -0.2) is 0 Å². The van der Waals surface area contributed by atoms with Crippen molar-refractivity contribution in [2.24, 2.45) is 5.92 Å². The largest absolute Gasteiger partial charge is 0.375 e. The number of hydrogen-bond donors (Lipinski definition) is 2. The summed E-state index contributed by atoms with van der Waals surface area (Å²) in [5, 5.41) is 2.77. The first-order valence-corrected chi connectivity index (χ1v) is 6.50. The standard InChI is InChI=1S/C14H17N3O2/c18-14(15-12-4-2-1-3-5-12)10-19-16-13-9-17-7-6-11(13)8-17/h1-5,9,11,16H,6-8,10H2,(H,15,18). The number of rotatable bonds is 5. The first kappa shape index (κ1) is 12.0. The molecule has 3 rings (SSSR count). The average Bonchev–Trinajstić information content (AvgIpc) is 3.02. The van der Waals surface area contributed by atoms with E-state index < -0.39 is 0 Å². The lowest BCUT2D eigenvalue weighted by atomic mass is 10.1. The molecule has 1 saturated heterocycles. The molecule has 2 N–H and O–H groups in total. The van der Waals surface area contributed by atoms with Gasteiger partial charge in [-0.15, -0.1) is 0 Å². The highest BCUT2D eigenvalue weighted by molar-refractivity contribution is 5.91. The summed E-state index contributed by atoms with van der Waals surface area (Å²) in [4.78, 5) is 19.2. The van der Waals surface area contributed by atoms with E-state index in [0.29, 0.717) is 5.92 Å². The van der Waals surface area contributed by atoms with E-state index in [0.717, 1.165) is 24.5 Å². The van der Waals surface area contributed by atoms with Gasteiger partial charge in [0, 0.05) is 30.9 Å². The maximum Gasteiger partial charge on any atom is 0.253 e. The number of nitrogens with one attached hydrogen (secondary N) is 2. The minimum Gasteiger partial charge on any atom is -0.375 e. The molecule has 1 amide bonds. The van der Waals surface area contributed by atoms with Crippen LogP contribution in [0.1, 0.15) is 6.42 Å². The Morgan fingerprint density at radius 2 is 2.21 bits per heavy atom. The van der Waals surface area contributed by atoms with Crippen LogP contribution in [0.15, 0.2) is 42.2 Å². The zero-order valence-electron chi connectivity index (χ0n) is 10.6. The summed E-state index contributed by atoms with van der Waals surface area (Å²) in [5.41, 5.74) is 4.75. The van der Waals surface area contributed by atoms with Crippen molar-refractivity contribution < 1.29 is 9.63 Å². The van der Waals surface area contributed by atoms with Gasteiger partial charge >= 0.3 is 0 Å². The third-order valence-corrected chi connectivity index (χ3v) is 3.43. The minimum atomic E-state index is -0.164. The third-order valence-electron chi connectivity index (χ3n) is 3.43. The van der Waals surface area contributed by atoms with E-state index in [4.69, 9.17) is 4.84 Å². The van der Waals surface area contributed by atoms with Gasteiger partial charge in [-0.1, -0.05) is 18.2 Å². The maximum absolute atomic E-state index is 11.6. The molecular weight excluding hydrogens is 242 g/mol. The molecular formula is C14H17N3O2. The molecule has 5 nitrogen and oxygen atoms in total. The van der Waals surface area contributed by atoms with E-state index in [9.17, 15) is 4.79 Å². The quantitative estimate of drug-likeness (QED) is 0.783. The van der Waals surface area contributed by atoms with Gasteiger partial charge in [-0.05, 0) is 18.6 Å². The first-order valence-electron chi connectivity index (χ1n) is 6.50. The van der Waals surface area contributed by atoms with Crippen LogP contribution in [0.5, 0.6) is 0 Å². The number of para-hydroxylation sites is 1. The normalized spacial score (nSPS) is 20.3. The van der Waals surface area contributed by atoms with Crippen molar-refractivity contribution >= 4 is 11.6 Å². The lowest BCUT2D eigenvalue weighted by Gasteiger charge is -2.15. The molecule has 5 heteroatoms. The predicted octanol–water partition coefficient (Wildman–Crippen LogP) is 1.32. The number of nitrogens with zero attached hydrogens (tertiary/aromatic N) is 1. The van der Waals surface area contributed by atoms with Gasteiger partial charge in [-0.3, -0.25) is 15.1 Å². The zero-order valence-corrected chi connectivity index (χ0v) is 10.6. The van der Waals surface area contributed by atoms with E-state index in [-0.39, 0.29) is 12.5 Å². The number of carbonyl (C=O) groups is 1. The molecule has 1 atom stereocenters. The molecule has 0 aromatic heterocycles. The third kappa shape index (κ3) is 2.88. The summed E-state index contributed by atoms with van der Waals surface area (Å²) < 4.78 is 0. The van der Waals surface area contributed by atoms with Gasteiger partial charge in [0.1, 0.15) is 0 Å². The van der Waals surface area contributed by atoms with Crippen LogP contribution >= 0.6 is 0 Å². The summed E-state index contributed by atoms with van der Waals surface area (Å²) in [6.45, 7) is 2.20. The monoisotopic (exact) mass is 259 g/mol. The summed E-state index contributed by atoms with van der Waals surface area (Å²) in [5.74, 6) is 0.375. The van der Waals surface area contributed by atoms with Crippen molar-refractivity contribution in [3.05, 3.63) is 42.2 Å². The van der Waals surface area contributed by atoms with Crippen LogP contribution in [0.3, 0.4) is 0 Å². The van der Waals surface area contributed by atoms with E-state index >= 15 is 0 Å². The lowest BCUT2D eigenvalue weighted by Crippen LogP contribution is -2.26. The molecule has 2 heterocycles. The molecule has 1 aromatic carbocycles. The van der Waals surface area contributed by atoms with Gasteiger partial charge < -0.3 is 10.2 Å². The first-order chi connectivity index (χ1) is 9.31. The second kappa shape index (κ2) is 5.32. The van der Waals surface area contributed by atoms with E-state index in [1.807, 2.05) is 30.3 Å². The van der Waals surface area contributed by atoms with Gasteiger partial charge in [-0.2, -0.15) is 0 Å². The van der Waals surface area contributed by atoms with Crippen molar-refractivity contribution in [3.63, 3.8) is 0 Å². The molecule has 1 aromatic rings. The summed E-state index contributed by atoms with van der Waals surface area (Å²) in [7, 11) is 0. The van der Waals surface area contributed by atoms with Gasteiger partial charge in [0.25, 0.3) is 5.91 Å². The van der Waals surface area contributed by atoms with E-state index in [2.05, 4.69) is 21.9 Å². The number of hydrogen-bond acceptors (Lipinski definition) is 4.